The number of nitrogens with zero attached hydrogens (tertiary/aromatic N) is 2. The molecule has 4 N–H and O–H groups in total. The summed E-state index contributed by atoms with van der Waals surface area (Å²) in [7, 11) is 0. The number of carboxylic acid groups (broad SMARTS) is 1. The molecule has 1 amide bonds. The van der Waals surface area contributed by atoms with Crippen LogP contribution in [-0.4, -0.2) is 44.1 Å². The molecular formula is C11H11N3O5S2. The SMILES string of the molecule is Cc1sc(N)nc1C1=C(OC(=O)O)N2C(=O)[C@H](CO)[C@H]2S1. The van der Waals surface area contributed by atoms with Gasteiger partial charge in [0.2, 0.25) is 11.8 Å². The summed E-state index contributed by atoms with van der Waals surface area (Å²) < 4.78 is 4.76. The molecule has 1 aromatic heterocycles. The molecule has 21 heavy (non-hydrogen) atoms. The van der Waals surface area contributed by atoms with Gasteiger partial charge in [0.1, 0.15) is 5.37 Å². The van der Waals surface area contributed by atoms with Crippen molar-refractivity contribution in [1.29, 1.82) is 0 Å². The molecule has 0 unspecified atom stereocenters. The first kappa shape index (κ1) is 14.2. The first-order valence-electron chi connectivity index (χ1n) is 5.93. The zero-order valence-electron chi connectivity index (χ0n) is 10.8. The Labute approximate surface area is 127 Å². The second-order valence-corrected chi connectivity index (χ2v) is 6.83. The third-order valence-corrected chi connectivity index (χ3v) is 5.40. The molecule has 3 heterocycles. The summed E-state index contributed by atoms with van der Waals surface area (Å²) in [4.78, 5) is 29.5. The van der Waals surface area contributed by atoms with Crippen LogP contribution in [-0.2, 0) is 9.53 Å². The van der Waals surface area contributed by atoms with Crippen LogP contribution in [0.3, 0.4) is 0 Å². The standard InChI is InChI=1S/C11H11N3O5S2/c1-3-5(13-10(12)20-3)6-8(19-11(17)18)14-7(16)4(2-15)9(14)21-6/h4,9,15H,2H2,1H3,(H2,12,13)(H,17,18)/t4-,9+/m0/s1. The fourth-order valence-corrected chi connectivity index (χ4v) is 4.51. The average molecular weight is 329 g/mol. The van der Waals surface area contributed by atoms with Gasteiger partial charge in [-0.05, 0) is 6.92 Å². The maximum atomic E-state index is 11.9. The quantitative estimate of drug-likeness (QED) is 0.551. The number of thiazole rings is 1. The number of hydrogen-bond donors (Lipinski definition) is 3. The lowest BCUT2D eigenvalue weighted by molar-refractivity contribution is -0.151. The minimum atomic E-state index is -1.51. The lowest BCUT2D eigenvalue weighted by Gasteiger charge is -2.40. The van der Waals surface area contributed by atoms with Gasteiger partial charge < -0.3 is 20.7 Å². The van der Waals surface area contributed by atoms with Gasteiger partial charge in [0.25, 0.3) is 0 Å². The van der Waals surface area contributed by atoms with E-state index in [0.717, 1.165) is 4.88 Å². The van der Waals surface area contributed by atoms with Gasteiger partial charge in [-0.25, -0.2) is 9.78 Å². The number of carbonyl (C=O) groups is 2. The number of amides is 1. The van der Waals surface area contributed by atoms with E-state index in [4.69, 9.17) is 15.6 Å². The summed E-state index contributed by atoms with van der Waals surface area (Å²) in [5, 5.41) is 18.1. The second kappa shape index (κ2) is 4.90. The highest BCUT2D eigenvalue weighted by Gasteiger charge is 2.56. The molecule has 0 aromatic carbocycles. The van der Waals surface area contributed by atoms with Gasteiger partial charge in [0.15, 0.2) is 5.13 Å². The molecule has 0 bridgehead atoms. The van der Waals surface area contributed by atoms with Crippen LogP contribution in [0.1, 0.15) is 10.6 Å². The lowest BCUT2D eigenvalue weighted by atomic mass is 10.00. The van der Waals surface area contributed by atoms with E-state index in [2.05, 4.69) is 4.98 Å². The molecule has 8 nitrogen and oxygen atoms in total. The number of aliphatic hydroxyl groups excluding tert-OH is 1. The Hall–Kier alpha value is -1.78. The third kappa shape index (κ3) is 2.06. The molecule has 2 aliphatic rings. The predicted octanol–water partition coefficient (Wildman–Crippen LogP) is 0.878. The number of nitrogens with two attached hydrogens (primary N) is 1. The number of nitrogen functional groups attached to an aromatic ring is 1. The van der Waals surface area contributed by atoms with Crippen molar-refractivity contribution in [2.45, 2.75) is 12.3 Å². The Morgan fingerprint density at radius 3 is 2.81 bits per heavy atom. The molecule has 0 radical (unpaired) electrons. The Morgan fingerprint density at radius 1 is 1.57 bits per heavy atom. The maximum absolute atomic E-state index is 11.9. The molecule has 0 saturated carbocycles. The van der Waals surface area contributed by atoms with Gasteiger partial charge >= 0.3 is 6.16 Å². The molecule has 2 atom stereocenters. The van der Waals surface area contributed by atoms with Crippen molar-refractivity contribution < 1.29 is 24.5 Å². The van der Waals surface area contributed by atoms with Crippen LogP contribution in [0.15, 0.2) is 5.88 Å². The minimum Gasteiger partial charge on any atom is -0.449 e. The molecule has 1 saturated heterocycles. The number of fused-ring (bicyclic) bond motifs is 1. The number of thioether (sulfide) groups is 1. The summed E-state index contributed by atoms with van der Waals surface area (Å²) in [6.07, 6.45) is -1.51. The van der Waals surface area contributed by atoms with E-state index >= 15 is 0 Å². The number of aryl methyl sites for hydroxylation is 1. The van der Waals surface area contributed by atoms with E-state index < -0.39 is 12.1 Å². The van der Waals surface area contributed by atoms with Crippen molar-refractivity contribution in [2.24, 2.45) is 5.92 Å². The van der Waals surface area contributed by atoms with Crippen LogP contribution in [0.2, 0.25) is 0 Å². The number of rotatable bonds is 3. The van der Waals surface area contributed by atoms with E-state index in [9.17, 15) is 14.7 Å². The lowest BCUT2D eigenvalue weighted by Crippen LogP contribution is -2.58. The highest BCUT2D eigenvalue weighted by atomic mass is 32.2. The number of aromatic nitrogens is 1. The summed E-state index contributed by atoms with van der Waals surface area (Å²) in [5.41, 5.74) is 6.17. The number of hydrogen-bond acceptors (Lipinski definition) is 8. The Bertz CT molecular complexity index is 671. The zero-order valence-corrected chi connectivity index (χ0v) is 12.4. The van der Waals surface area contributed by atoms with E-state index in [1.165, 1.54) is 28.0 Å². The van der Waals surface area contributed by atoms with Gasteiger partial charge in [-0.1, -0.05) is 11.8 Å². The Balaban J connectivity index is 2.04. The first-order valence-corrected chi connectivity index (χ1v) is 7.62. The Kier molecular flexibility index (Phi) is 3.30. The summed E-state index contributed by atoms with van der Waals surface area (Å²) in [6.45, 7) is 1.51. The largest absolute Gasteiger partial charge is 0.512 e. The fraction of sp³-hybridized carbons (Fsp3) is 0.364. The molecule has 1 fully saturated rings. The van der Waals surface area contributed by atoms with Crippen molar-refractivity contribution in [3.63, 3.8) is 0 Å². The number of carbonyl (C=O) groups excluding carboxylic acids is 1. The van der Waals surface area contributed by atoms with Gasteiger partial charge in [0.05, 0.1) is 23.1 Å². The van der Waals surface area contributed by atoms with E-state index in [-0.39, 0.29) is 23.8 Å². The normalized spacial score (nSPS) is 24.1. The number of aliphatic hydroxyl groups is 1. The van der Waals surface area contributed by atoms with Crippen LogP contribution in [0.5, 0.6) is 0 Å². The van der Waals surface area contributed by atoms with E-state index in [1.807, 2.05) is 0 Å². The van der Waals surface area contributed by atoms with Crippen molar-refractivity contribution >= 4 is 45.2 Å². The van der Waals surface area contributed by atoms with Gasteiger partial charge in [-0.15, -0.1) is 11.3 Å². The summed E-state index contributed by atoms with van der Waals surface area (Å²) in [6, 6.07) is 0. The Morgan fingerprint density at radius 2 is 2.29 bits per heavy atom. The van der Waals surface area contributed by atoms with Gasteiger partial charge in [0, 0.05) is 4.88 Å². The minimum absolute atomic E-state index is 0.0550. The molecule has 2 aliphatic heterocycles. The van der Waals surface area contributed by atoms with Crippen LogP contribution in [0, 0.1) is 12.8 Å². The second-order valence-electron chi connectivity index (χ2n) is 4.46. The maximum Gasteiger partial charge on any atom is 0.512 e. The van der Waals surface area contributed by atoms with Gasteiger partial charge in [-0.3, -0.25) is 9.69 Å². The molecule has 1 aromatic rings. The van der Waals surface area contributed by atoms with Crippen molar-refractivity contribution in [3.05, 3.63) is 16.5 Å². The molecule has 0 aliphatic carbocycles. The molecule has 10 heteroatoms. The zero-order chi connectivity index (χ0) is 15.3. The number of β-lactam (4-membered cyclic amide) rings is 1. The van der Waals surface area contributed by atoms with Crippen molar-refractivity contribution in [3.8, 4) is 0 Å². The molecular weight excluding hydrogens is 318 g/mol. The van der Waals surface area contributed by atoms with Crippen LogP contribution >= 0.6 is 23.1 Å². The summed E-state index contributed by atoms with van der Waals surface area (Å²) >= 11 is 2.52. The first-order chi connectivity index (χ1) is 9.93. The smallest absolute Gasteiger partial charge is 0.449 e. The van der Waals surface area contributed by atoms with E-state index in [0.29, 0.717) is 15.7 Å². The van der Waals surface area contributed by atoms with Gasteiger partial charge in [-0.2, -0.15) is 0 Å². The van der Waals surface area contributed by atoms with Crippen LogP contribution in [0.25, 0.3) is 4.91 Å². The predicted molar refractivity (Wildman–Crippen MR) is 76.1 cm³/mol. The fourth-order valence-electron chi connectivity index (χ4n) is 2.29. The number of ether oxygens (including phenoxy) is 1. The van der Waals surface area contributed by atoms with E-state index in [1.54, 1.807) is 6.92 Å². The topological polar surface area (TPSA) is 126 Å². The highest BCUT2D eigenvalue weighted by Crippen LogP contribution is 2.53. The third-order valence-electron chi connectivity index (χ3n) is 3.21. The van der Waals surface area contributed by atoms with Crippen LogP contribution < -0.4 is 5.73 Å². The monoisotopic (exact) mass is 329 g/mol. The summed E-state index contributed by atoms with van der Waals surface area (Å²) in [5.74, 6) is -0.973. The van der Waals surface area contributed by atoms with Crippen molar-refractivity contribution in [2.75, 3.05) is 12.3 Å². The number of anilines is 1. The highest BCUT2D eigenvalue weighted by molar-refractivity contribution is 8.09. The molecule has 112 valence electrons. The molecule has 3 rings (SSSR count). The van der Waals surface area contributed by atoms with Crippen molar-refractivity contribution in [1.82, 2.24) is 9.88 Å². The molecule has 0 spiro atoms. The van der Waals surface area contributed by atoms with Crippen LogP contribution in [0.4, 0.5) is 9.93 Å². The average Bonchev–Trinajstić information content (AvgIpc) is 2.87.